The third-order valence-corrected chi connectivity index (χ3v) is 10.7. The number of Topliss-reactive ketones (excluding diaryl/α,β-unsaturated/α-hetero) is 1. The Morgan fingerprint density at radius 1 is 0.882 bits per heavy atom. The van der Waals surface area contributed by atoms with Gasteiger partial charge in [-0.25, -0.2) is 0 Å². The molecule has 0 heterocycles. The van der Waals surface area contributed by atoms with Crippen LogP contribution in [0.4, 0.5) is 0 Å². The smallest absolute Gasteiger partial charge is 0.184 e. The molecular weight excluding hydrogens is 452 g/mol. The van der Waals surface area contributed by atoms with Gasteiger partial charge in [0.1, 0.15) is 5.78 Å². The Hall–Kier alpha value is 0.0238. The van der Waals surface area contributed by atoms with E-state index < -0.39 is 16.6 Å². The van der Waals surface area contributed by atoms with Gasteiger partial charge in [0, 0.05) is 12.3 Å². The number of hydrogen-bond acceptors (Lipinski definition) is 3. The van der Waals surface area contributed by atoms with Crippen LogP contribution in [0.1, 0.15) is 105 Å². The maximum atomic E-state index is 12.8. The van der Waals surface area contributed by atoms with Crippen molar-refractivity contribution in [3.8, 4) is 0 Å². The van der Waals surface area contributed by atoms with E-state index in [-0.39, 0.29) is 16.6 Å². The number of fused-ring (bicyclic) bond motifs is 1. The molecule has 0 aromatic heterocycles. The second-order valence-electron chi connectivity index (χ2n) is 15.1. The fourth-order valence-electron chi connectivity index (χ4n) is 7.63. The minimum atomic E-state index is -1.55. The van der Waals surface area contributed by atoms with Crippen LogP contribution in [0.25, 0.3) is 0 Å². The Bertz CT molecular complexity index is 640. The molecule has 34 heavy (non-hydrogen) atoms. The number of rotatable bonds is 13. The summed E-state index contributed by atoms with van der Waals surface area (Å²) in [6.07, 6.45) is 12.8. The summed E-state index contributed by atoms with van der Waals surface area (Å²) in [6, 6.07) is 0. The van der Waals surface area contributed by atoms with Crippen LogP contribution in [0.15, 0.2) is 0 Å². The van der Waals surface area contributed by atoms with E-state index in [4.69, 9.17) is 8.85 Å². The Morgan fingerprint density at radius 2 is 1.35 bits per heavy atom. The SMILES string of the molecule is CC(C)(CCCC(CCCC(C)(C)O[Si](C)(C)C)[C@@H]1CC[C@H]2C(=O)CCC[C@@]21C)O[Si](C)(C)C. The van der Waals surface area contributed by atoms with E-state index in [1.165, 1.54) is 38.5 Å². The minimum absolute atomic E-state index is 0.0366. The highest BCUT2D eigenvalue weighted by Crippen LogP contribution is 2.58. The van der Waals surface area contributed by atoms with E-state index >= 15 is 0 Å². The second-order valence-corrected chi connectivity index (χ2v) is 23.9. The fourth-order valence-corrected chi connectivity index (χ4v) is 11.2. The van der Waals surface area contributed by atoms with E-state index in [1.807, 2.05) is 0 Å². The molecule has 2 saturated carbocycles. The van der Waals surface area contributed by atoms with Gasteiger partial charge in [0.2, 0.25) is 0 Å². The van der Waals surface area contributed by atoms with Gasteiger partial charge in [-0.15, -0.1) is 0 Å². The molecule has 2 aliphatic carbocycles. The first-order valence-electron chi connectivity index (χ1n) is 14.3. The monoisotopic (exact) mass is 510 g/mol. The Labute approximate surface area is 214 Å². The Morgan fingerprint density at radius 3 is 1.79 bits per heavy atom. The highest BCUT2D eigenvalue weighted by Gasteiger charge is 2.52. The van der Waals surface area contributed by atoms with Gasteiger partial charge >= 0.3 is 0 Å². The zero-order valence-electron chi connectivity index (χ0n) is 24.7. The molecule has 3 nitrogen and oxygen atoms in total. The minimum Gasteiger partial charge on any atom is -0.413 e. The van der Waals surface area contributed by atoms with Crippen LogP contribution in [0.5, 0.6) is 0 Å². The van der Waals surface area contributed by atoms with Crippen LogP contribution >= 0.6 is 0 Å². The van der Waals surface area contributed by atoms with E-state index in [2.05, 4.69) is 73.9 Å². The van der Waals surface area contributed by atoms with Crippen molar-refractivity contribution < 1.29 is 13.6 Å². The van der Waals surface area contributed by atoms with Gasteiger partial charge in [0.05, 0.1) is 11.2 Å². The predicted octanol–water partition coefficient (Wildman–Crippen LogP) is 8.99. The van der Waals surface area contributed by atoms with Crippen molar-refractivity contribution in [3.05, 3.63) is 0 Å². The molecule has 0 saturated heterocycles. The van der Waals surface area contributed by atoms with Gasteiger partial charge in [-0.3, -0.25) is 4.79 Å². The van der Waals surface area contributed by atoms with Crippen molar-refractivity contribution >= 4 is 22.4 Å². The maximum Gasteiger partial charge on any atom is 0.184 e. The van der Waals surface area contributed by atoms with Gasteiger partial charge in [-0.1, -0.05) is 32.6 Å². The molecule has 0 radical (unpaired) electrons. The average Bonchev–Trinajstić information content (AvgIpc) is 2.94. The van der Waals surface area contributed by atoms with Gasteiger partial charge in [0.15, 0.2) is 16.6 Å². The third kappa shape index (κ3) is 9.15. The Kier molecular flexibility index (Phi) is 9.95. The van der Waals surface area contributed by atoms with Crippen LogP contribution in [-0.4, -0.2) is 33.6 Å². The highest BCUT2D eigenvalue weighted by molar-refractivity contribution is 6.70. The van der Waals surface area contributed by atoms with Gasteiger partial charge in [-0.05, 0) is 123 Å². The molecule has 3 atom stereocenters. The van der Waals surface area contributed by atoms with Gasteiger partial charge in [0.25, 0.3) is 0 Å². The average molecular weight is 511 g/mol. The van der Waals surface area contributed by atoms with E-state index in [0.717, 1.165) is 32.1 Å². The van der Waals surface area contributed by atoms with Crippen LogP contribution in [-0.2, 0) is 13.6 Å². The van der Waals surface area contributed by atoms with Crippen molar-refractivity contribution in [2.45, 2.75) is 156 Å². The topological polar surface area (TPSA) is 35.5 Å². The molecule has 2 fully saturated rings. The summed E-state index contributed by atoms with van der Waals surface area (Å²) in [7, 11) is -3.10. The van der Waals surface area contributed by atoms with Crippen LogP contribution in [0.2, 0.25) is 39.3 Å². The van der Waals surface area contributed by atoms with Gasteiger partial charge in [-0.2, -0.15) is 0 Å². The number of ketones is 1. The third-order valence-electron chi connectivity index (χ3n) is 8.38. The number of carbonyl (C=O) groups excluding carboxylic acids is 1. The van der Waals surface area contributed by atoms with E-state index in [9.17, 15) is 4.79 Å². The summed E-state index contributed by atoms with van der Waals surface area (Å²) < 4.78 is 13.0. The fraction of sp³-hybridized carbons (Fsp3) is 0.966. The lowest BCUT2D eigenvalue weighted by Gasteiger charge is -2.43. The highest BCUT2D eigenvalue weighted by atomic mass is 28.4. The van der Waals surface area contributed by atoms with E-state index in [0.29, 0.717) is 23.5 Å². The molecule has 2 aliphatic rings. The summed E-state index contributed by atoms with van der Waals surface area (Å²) in [5, 5.41) is 0. The van der Waals surface area contributed by atoms with Gasteiger partial charge < -0.3 is 8.85 Å². The molecule has 0 aromatic carbocycles. The lowest BCUT2D eigenvalue weighted by atomic mass is 9.61. The summed E-state index contributed by atoms with van der Waals surface area (Å²) in [6.45, 7) is 25.4. The van der Waals surface area contributed by atoms with Crippen LogP contribution in [0.3, 0.4) is 0 Å². The first-order valence-corrected chi connectivity index (χ1v) is 21.1. The predicted molar refractivity (Wildman–Crippen MR) is 151 cm³/mol. The lowest BCUT2D eigenvalue weighted by molar-refractivity contribution is -0.130. The molecule has 2 rings (SSSR count). The van der Waals surface area contributed by atoms with Crippen molar-refractivity contribution in [3.63, 3.8) is 0 Å². The molecule has 0 bridgehead atoms. The Balaban J connectivity index is 2.07. The normalized spacial score (nSPS) is 26.9. The van der Waals surface area contributed by atoms with E-state index in [1.54, 1.807) is 0 Å². The maximum absolute atomic E-state index is 12.8. The summed E-state index contributed by atoms with van der Waals surface area (Å²) in [5.41, 5.74) is 0.158. The molecule has 0 amide bonds. The molecular formula is C29H58O3Si2. The summed E-state index contributed by atoms with van der Waals surface area (Å²) in [5.74, 6) is 2.30. The summed E-state index contributed by atoms with van der Waals surface area (Å²) >= 11 is 0. The summed E-state index contributed by atoms with van der Waals surface area (Å²) in [4.78, 5) is 12.8. The molecule has 0 aliphatic heterocycles. The first kappa shape index (κ1) is 30.2. The van der Waals surface area contributed by atoms with Crippen molar-refractivity contribution in [1.82, 2.24) is 0 Å². The van der Waals surface area contributed by atoms with Crippen molar-refractivity contribution in [2.24, 2.45) is 23.2 Å². The number of carbonyl (C=O) groups is 1. The molecule has 5 heteroatoms. The standard InChI is InChI=1S/C29H58O3Si2/c1-27(2,31-33(6,7)8)20-12-15-23(16-13-21-28(3,4)32-34(9,10)11)24-18-19-25-26(30)17-14-22-29(24,25)5/h23-25H,12-22H2,1-11H3/t24-,25-,29+/m0/s1. The largest absolute Gasteiger partial charge is 0.413 e. The molecule has 0 aromatic rings. The lowest BCUT2D eigenvalue weighted by Crippen LogP contribution is -2.40. The first-order chi connectivity index (χ1) is 15.3. The van der Waals surface area contributed by atoms with Crippen LogP contribution in [0, 0.1) is 23.2 Å². The molecule has 0 unspecified atom stereocenters. The van der Waals surface area contributed by atoms with Crippen LogP contribution < -0.4 is 0 Å². The molecule has 0 spiro atoms. The second kappa shape index (κ2) is 11.2. The zero-order valence-corrected chi connectivity index (χ0v) is 26.7. The molecule has 200 valence electrons. The zero-order chi connectivity index (χ0) is 26.0. The number of hydrogen-bond donors (Lipinski definition) is 0. The quantitative estimate of drug-likeness (QED) is 0.232. The van der Waals surface area contributed by atoms with Crippen molar-refractivity contribution in [2.75, 3.05) is 0 Å². The molecule has 0 N–H and O–H groups in total. The van der Waals surface area contributed by atoms with Crippen molar-refractivity contribution in [1.29, 1.82) is 0 Å².